The van der Waals surface area contributed by atoms with Crippen LogP contribution >= 0.6 is 0 Å². The summed E-state index contributed by atoms with van der Waals surface area (Å²) in [7, 11) is 0. The highest BCUT2D eigenvalue weighted by atomic mass is 19.4. The molecule has 0 aromatic heterocycles. The number of likely N-dealkylation sites (tertiary alicyclic amines) is 1. The lowest BCUT2D eigenvalue weighted by Crippen LogP contribution is -2.35. The van der Waals surface area contributed by atoms with Crippen LogP contribution in [0, 0.1) is 6.92 Å². The van der Waals surface area contributed by atoms with Crippen molar-refractivity contribution in [2.24, 2.45) is 5.73 Å². The fourth-order valence-corrected chi connectivity index (χ4v) is 2.64. The smallest absolute Gasteiger partial charge is 0.329 e. The van der Waals surface area contributed by atoms with Gasteiger partial charge in [0.2, 0.25) is 0 Å². The Morgan fingerprint density at radius 2 is 2.11 bits per heavy atom. The van der Waals surface area contributed by atoms with Crippen LogP contribution in [0.2, 0.25) is 0 Å². The molecule has 19 heavy (non-hydrogen) atoms. The zero-order valence-electron chi connectivity index (χ0n) is 11.0. The third-order valence-corrected chi connectivity index (χ3v) is 3.81. The molecule has 1 fully saturated rings. The maximum Gasteiger partial charge on any atom is 0.416 e. The largest absolute Gasteiger partial charge is 0.416 e. The zero-order valence-corrected chi connectivity index (χ0v) is 11.0. The van der Waals surface area contributed by atoms with E-state index in [0.717, 1.165) is 31.0 Å². The molecule has 1 aliphatic rings. The molecule has 1 aliphatic heterocycles. The van der Waals surface area contributed by atoms with Crippen molar-refractivity contribution in [2.75, 3.05) is 13.1 Å². The maximum absolute atomic E-state index is 12.6. The van der Waals surface area contributed by atoms with E-state index in [1.54, 1.807) is 13.0 Å². The van der Waals surface area contributed by atoms with Gasteiger partial charge in [-0.15, -0.1) is 0 Å². The second-order valence-electron chi connectivity index (χ2n) is 5.14. The number of hydrogen-bond acceptors (Lipinski definition) is 2. The van der Waals surface area contributed by atoms with Gasteiger partial charge in [0.1, 0.15) is 0 Å². The normalized spacial score (nSPS) is 21.0. The first-order valence-corrected chi connectivity index (χ1v) is 6.52. The molecule has 1 saturated heterocycles. The van der Waals surface area contributed by atoms with E-state index in [0.29, 0.717) is 24.7 Å². The maximum atomic E-state index is 12.6. The van der Waals surface area contributed by atoms with Gasteiger partial charge in [-0.1, -0.05) is 6.07 Å². The van der Waals surface area contributed by atoms with Gasteiger partial charge in [0.15, 0.2) is 0 Å². The van der Waals surface area contributed by atoms with Crippen LogP contribution in [0.25, 0.3) is 0 Å². The molecular weight excluding hydrogens is 253 g/mol. The summed E-state index contributed by atoms with van der Waals surface area (Å²) in [4.78, 5) is 2.26. The Hall–Kier alpha value is -1.07. The van der Waals surface area contributed by atoms with Crippen molar-refractivity contribution in [1.29, 1.82) is 0 Å². The molecule has 2 rings (SSSR count). The highest BCUT2D eigenvalue weighted by Crippen LogP contribution is 2.31. The Kier molecular flexibility index (Phi) is 4.16. The molecular formula is C14H19F3N2. The first-order valence-electron chi connectivity index (χ1n) is 6.52. The van der Waals surface area contributed by atoms with Gasteiger partial charge in [0.25, 0.3) is 0 Å². The van der Waals surface area contributed by atoms with E-state index < -0.39 is 11.7 Å². The highest BCUT2D eigenvalue weighted by molar-refractivity contribution is 5.32. The van der Waals surface area contributed by atoms with Crippen LogP contribution in [-0.4, -0.2) is 24.0 Å². The number of nitrogens with zero attached hydrogens (tertiary/aromatic N) is 1. The van der Waals surface area contributed by atoms with E-state index in [2.05, 4.69) is 4.90 Å². The molecule has 1 aromatic rings. The molecule has 1 unspecified atom stereocenters. The molecule has 106 valence electrons. The summed E-state index contributed by atoms with van der Waals surface area (Å²) in [5.74, 6) is 0. The quantitative estimate of drug-likeness (QED) is 0.916. The minimum absolute atomic E-state index is 0.363. The summed E-state index contributed by atoms with van der Waals surface area (Å²) in [5, 5.41) is 0. The minimum atomic E-state index is -4.27. The van der Waals surface area contributed by atoms with Gasteiger partial charge in [0, 0.05) is 19.1 Å². The van der Waals surface area contributed by atoms with Crippen molar-refractivity contribution in [2.45, 2.75) is 38.5 Å². The van der Waals surface area contributed by atoms with E-state index in [1.807, 2.05) is 0 Å². The Morgan fingerprint density at radius 1 is 1.37 bits per heavy atom. The number of hydrogen-bond donors (Lipinski definition) is 1. The topological polar surface area (TPSA) is 29.3 Å². The summed E-state index contributed by atoms with van der Waals surface area (Å²) in [6.45, 7) is 4.01. The predicted molar refractivity (Wildman–Crippen MR) is 68.7 cm³/mol. The van der Waals surface area contributed by atoms with Crippen LogP contribution in [0.5, 0.6) is 0 Å². The third-order valence-electron chi connectivity index (χ3n) is 3.81. The number of halogens is 3. The Morgan fingerprint density at radius 3 is 2.68 bits per heavy atom. The molecule has 0 radical (unpaired) electrons. The van der Waals surface area contributed by atoms with Crippen molar-refractivity contribution in [1.82, 2.24) is 4.90 Å². The fraction of sp³-hybridized carbons (Fsp3) is 0.571. The lowest BCUT2D eigenvalue weighted by molar-refractivity contribution is -0.137. The van der Waals surface area contributed by atoms with E-state index >= 15 is 0 Å². The number of aryl methyl sites for hydroxylation is 1. The van der Waals surface area contributed by atoms with Gasteiger partial charge in [-0.25, -0.2) is 0 Å². The lowest BCUT2D eigenvalue weighted by atomic mass is 10.0. The summed E-state index contributed by atoms with van der Waals surface area (Å²) in [5.41, 5.74) is 6.77. The molecule has 1 heterocycles. The molecule has 1 aromatic carbocycles. The van der Waals surface area contributed by atoms with E-state index in [4.69, 9.17) is 5.73 Å². The molecule has 0 amide bonds. The first-order chi connectivity index (χ1) is 8.91. The van der Waals surface area contributed by atoms with E-state index in [1.165, 1.54) is 6.07 Å². The summed E-state index contributed by atoms with van der Waals surface area (Å²) < 4.78 is 37.8. The molecule has 0 saturated carbocycles. The van der Waals surface area contributed by atoms with Crippen LogP contribution in [0.4, 0.5) is 13.2 Å². The molecule has 2 nitrogen and oxygen atoms in total. The van der Waals surface area contributed by atoms with Crippen LogP contribution in [0.15, 0.2) is 18.2 Å². The van der Waals surface area contributed by atoms with Crippen molar-refractivity contribution in [3.8, 4) is 0 Å². The zero-order chi connectivity index (χ0) is 14.0. The van der Waals surface area contributed by atoms with Gasteiger partial charge < -0.3 is 5.73 Å². The SMILES string of the molecule is Cc1cc(C(F)(F)F)ccc1CN1CCCC1CN. The molecule has 1 atom stereocenters. The number of rotatable bonds is 3. The van der Waals surface area contributed by atoms with Crippen LogP contribution in [-0.2, 0) is 12.7 Å². The van der Waals surface area contributed by atoms with Gasteiger partial charge in [-0.3, -0.25) is 4.90 Å². The van der Waals surface area contributed by atoms with Crippen molar-refractivity contribution in [3.63, 3.8) is 0 Å². The van der Waals surface area contributed by atoms with Crippen LogP contribution < -0.4 is 5.73 Å². The number of alkyl halides is 3. The second kappa shape index (κ2) is 5.51. The highest BCUT2D eigenvalue weighted by Gasteiger charge is 2.31. The molecule has 2 N–H and O–H groups in total. The predicted octanol–water partition coefficient (Wildman–Crippen LogP) is 2.94. The standard InChI is InChI=1S/C14H19F3N2/c1-10-7-12(14(15,16)17)5-4-11(10)9-19-6-2-3-13(19)8-18/h4-5,7,13H,2-3,6,8-9,18H2,1H3. The molecule has 0 spiro atoms. The fourth-order valence-electron chi connectivity index (χ4n) is 2.64. The van der Waals surface area contributed by atoms with Crippen molar-refractivity contribution in [3.05, 3.63) is 34.9 Å². The van der Waals surface area contributed by atoms with Gasteiger partial charge >= 0.3 is 6.18 Å². The second-order valence-corrected chi connectivity index (χ2v) is 5.14. The minimum Gasteiger partial charge on any atom is -0.329 e. The van der Waals surface area contributed by atoms with Crippen molar-refractivity contribution >= 4 is 0 Å². The number of nitrogens with two attached hydrogens (primary N) is 1. The molecule has 0 aliphatic carbocycles. The number of benzene rings is 1. The first kappa shape index (κ1) is 14.3. The molecule has 0 bridgehead atoms. The van der Waals surface area contributed by atoms with Crippen LogP contribution in [0.3, 0.4) is 0 Å². The third kappa shape index (κ3) is 3.28. The van der Waals surface area contributed by atoms with E-state index in [9.17, 15) is 13.2 Å². The van der Waals surface area contributed by atoms with Gasteiger partial charge in [-0.05, 0) is 49.6 Å². The Labute approximate surface area is 111 Å². The van der Waals surface area contributed by atoms with Crippen LogP contribution in [0.1, 0.15) is 29.5 Å². The average molecular weight is 272 g/mol. The van der Waals surface area contributed by atoms with Crippen molar-refractivity contribution < 1.29 is 13.2 Å². The molecule has 5 heteroatoms. The summed E-state index contributed by atoms with van der Waals surface area (Å²) in [6, 6.07) is 4.34. The average Bonchev–Trinajstić information content (AvgIpc) is 2.77. The summed E-state index contributed by atoms with van der Waals surface area (Å²) >= 11 is 0. The monoisotopic (exact) mass is 272 g/mol. The van der Waals surface area contributed by atoms with E-state index in [-0.39, 0.29) is 0 Å². The van der Waals surface area contributed by atoms with Gasteiger partial charge in [-0.2, -0.15) is 13.2 Å². The van der Waals surface area contributed by atoms with Gasteiger partial charge in [0.05, 0.1) is 5.56 Å². The Bertz CT molecular complexity index is 443. The summed E-state index contributed by atoms with van der Waals surface area (Å²) in [6.07, 6.45) is -2.07. The lowest BCUT2D eigenvalue weighted by Gasteiger charge is -2.24. The Balaban J connectivity index is 2.13.